The number of carbonyl (C=O) groups excluding carboxylic acids is 1. The Morgan fingerprint density at radius 1 is 1.40 bits per heavy atom. The van der Waals surface area contributed by atoms with Crippen molar-refractivity contribution in [1.82, 2.24) is 4.98 Å². The molecule has 4 heteroatoms. The van der Waals surface area contributed by atoms with Crippen LogP contribution in [0.4, 0.5) is 0 Å². The molecular weight excluding hydrogens is 192 g/mol. The molecule has 0 saturated heterocycles. The summed E-state index contributed by atoms with van der Waals surface area (Å²) in [6, 6.07) is 6.97. The molecule has 1 amide bonds. The Hall–Kier alpha value is -2.10. The molecule has 2 rings (SSSR count). The molecule has 76 valence electrons. The van der Waals surface area contributed by atoms with Crippen LogP contribution in [0.5, 0.6) is 0 Å². The summed E-state index contributed by atoms with van der Waals surface area (Å²) in [5, 5.41) is 0. The molecule has 2 aromatic rings. The number of primary amides is 1. The van der Waals surface area contributed by atoms with Crippen LogP contribution in [0.2, 0.25) is 0 Å². The molecule has 0 fully saturated rings. The van der Waals surface area contributed by atoms with Crippen molar-refractivity contribution in [2.75, 3.05) is 0 Å². The first-order chi connectivity index (χ1) is 7.16. The Bertz CT molecular complexity index is 503. The molecule has 0 atom stereocenters. The Balaban J connectivity index is 2.41. The molecule has 0 aliphatic rings. The first-order valence-electron chi connectivity index (χ1n) is 4.49. The quantitative estimate of drug-likeness (QED) is 0.806. The van der Waals surface area contributed by atoms with E-state index < -0.39 is 5.91 Å². The predicted octanol–water partition coefficient (Wildman–Crippen LogP) is 1.75. The van der Waals surface area contributed by atoms with Crippen molar-refractivity contribution in [2.24, 2.45) is 5.73 Å². The minimum atomic E-state index is -0.563. The van der Waals surface area contributed by atoms with Gasteiger partial charge in [-0.1, -0.05) is 0 Å². The highest BCUT2D eigenvalue weighted by molar-refractivity contribution is 5.90. The Morgan fingerprint density at radius 3 is 2.80 bits per heavy atom. The number of hydrogen-bond acceptors (Lipinski definition) is 3. The number of carbonyl (C=O) groups is 1. The van der Waals surface area contributed by atoms with Crippen LogP contribution in [0.15, 0.2) is 34.9 Å². The number of nitrogens with two attached hydrogens (primary N) is 1. The number of rotatable bonds is 2. The van der Waals surface area contributed by atoms with Crippen molar-refractivity contribution >= 4 is 5.91 Å². The zero-order chi connectivity index (χ0) is 10.8. The van der Waals surface area contributed by atoms with Gasteiger partial charge in [-0.05, 0) is 31.2 Å². The highest BCUT2D eigenvalue weighted by atomic mass is 16.3. The van der Waals surface area contributed by atoms with Crippen LogP contribution in [0.3, 0.4) is 0 Å². The fourth-order valence-electron chi connectivity index (χ4n) is 1.32. The third kappa shape index (κ3) is 1.88. The van der Waals surface area contributed by atoms with Gasteiger partial charge in [0.1, 0.15) is 5.76 Å². The summed E-state index contributed by atoms with van der Waals surface area (Å²) in [5.74, 6) is 0.223. The van der Waals surface area contributed by atoms with E-state index >= 15 is 0 Å². The lowest BCUT2D eigenvalue weighted by molar-refractivity contribution is 0.0975. The molecule has 0 radical (unpaired) electrons. The summed E-state index contributed by atoms with van der Waals surface area (Å²) in [7, 11) is 0. The fraction of sp³-hybridized carbons (Fsp3) is 0.0909. The second-order valence-electron chi connectivity index (χ2n) is 3.21. The minimum absolute atomic E-state index is 0.166. The number of furan rings is 1. The molecule has 2 heterocycles. The zero-order valence-electron chi connectivity index (χ0n) is 8.23. The first kappa shape index (κ1) is 9.45. The van der Waals surface area contributed by atoms with Crippen LogP contribution < -0.4 is 5.73 Å². The van der Waals surface area contributed by atoms with E-state index in [-0.39, 0.29) is 5.76 Å². The SMILES string of the molecule is Cc1cc(-c2ccc(C(N)=O)o2)ccn1. The topological polar surface area (TPSA) is 69.1 Å². The van der Waals surface area contributed by atoms with Crippen LogP contribution in [0.1, 0.15) is 16.2 Å². The van der Waals surface area contributed by atoms with Crippen molar-refractivity contribution in [3.63, 3.8) is 0 Å². The number of aromatic nitrogens is 1. The maximum absolute atomic E-state index is 10.8. The van der Waals surface area contributed by atoms with E-state index in [1.165, 1.54) is 0 Å². The summed E-state index contributed by atoms with van der Waals surface area (Å²) >= 11 is 0. The van der Waals surface area contributed by atoms with Gasteiger partial charge in [0.15, 0.2) is 5.76 Å². The lowest BCUT2D eigenvalue weighted by Crippen LogP contribution is -2.09. The maximum atomic E-state index is 10.8. The average molecular weight is 202 g/mol. The van der Waals surface area contributed by atoms with E-state index in [0.717, 1.165) is 11.3 Å². The van der Waals surface area contributed by atoms with Gasteiger partial charge >= 0.3 is 0 Å². The van der Waals surface area contributed by atoms with E-state index in [1.54, 1.807) is 18.3 Å². The van der Waals surface area contributed by atoms with E-state index in [2.05, 4.69) is 4.98 Å². The maximum Gasteiger partial charge on any atom is 0.284 e. The van der Waals surface area contributed by atoms with Gasteiger partial charge in [0.2, 0.25) is 0 Å². The summed E-state index contributed by atoms with van der Waals surface area (Å²) < 4.78 is 5.28. The van der Waals surface area contributed by atoms with Crippen molar-refractivity contribution in [3.05, 3.63) is 41.9 Å². The molecule has 15 heavy (non-hydrogen) atoms. The lowest BCUT2D eigenvalue weighted by Gasteiger charge is -1.97. The summed E-state index contributed by atoms with van der Waals surface area (Å²) in [6.07, 6.45) is 1.69. The first-order valence-corrected chi connectivity index (χ1v) is 4.49. The summed E-state index contributed by atoms with van der Waals surface area (Å²) in [5.41, 5.74) is 6.87. The lowest BCUT2D eigenvalue weighted by atomic mass is 10.2. The second-order valence-corrected chi connectivity index (χ2v) is 3.21. The van der Waals surface area contributed by atoms with Gasteiger partial charge in [-0.15, -0.1) is 0 Å². The monoisotopic (exact) mass is 202 g/mol. The number of pyridine rings is 1. The van der Waals surface area contributed by atoms with Crippen molar-refractivity contribution < 1.29 is 9.21 Å². The van der Waals surface area contributed by atoms with Gasteiger partial charge in [0.25, 0.3) is 5.91 Å². The van der Waals surface area contributed by atoms with E-state index in [0.29, 0.717) is 5.76 Å². The van der Waals surface area contributed by atoms with Gasteiger partial charge in [-0.3, -0.25) is 9.78 Å². The normalized spacial score (nSPS) is 10.2. The summed E-state index contributed by atoms with van der Waals surface area (Å²) in [4.78, 5) is 14.9. The molecule has 2 N–H and O–H groups in total. The highest BCUT2D eigenvalue weighted by Gasteiger charge is 2.08. The molecule has 0 spiro atoms. The highest BCUT2D eigenvalue weighted by Crippen LogP contribution is 2.21. The van der Waals surface area contributed by atoms with Gasteiger partial charge in [0.05, 0.1) is 0 Å². The van der Waals surface area contributed by atoms with Gasteiger partial charge in [0, 0.05) is 17.5 Å². The Morgan fingerprint density at radius 2 is 2.20 bits per heavy atom. The van der Waals surface area contributed by atoms with Gasteiger partial charge < -0.3 is 10.2 Å². The van der Waals surface area contributed by atoms with Gasteiger partial charge in [-0.25, -0.2) is 0 Å². The average Bonchev–Trinajstić information content (AvgIpc) is 2.66. The minimum Gasteiger partial charge on any atom is -0.451 e. The van der Waals surface area contributed by atoms with Crippen LogP contribution in [-0.2, 0) is 0 Å². The third-order valence-corrected chi connectivity index (χ3v) is 2.03. The van der Waals surface area contributed by atoms with Gasteiger partial charge in [-0.2, -0.15) is 0 Å². The smallest absolute Gasteiger partial charge is 0.284 e. The number of amides is 1. The summed E-state index contributed by atoms with van der Waals surface area (Å²) in [6.45, 7) is 1.89. The molecule has 0 saturated carbocycles. The molecule has 0 aliphatic carbocycles. The van der Waals surface area contributed by atoms with Crippen molar-refractivity contribution in [3.8, 4) is 11.3 Å². The molecule has 0 bridgehead atoms. The van der Waals surface area contributed by atoms with E-state index in [1.807, 2.05) is 19.1 Å². The van der Waals surface area contributed by atoms with Crippen LogP contribution in [0.25, 0.3) is 11.3 Å². The van der Waals surface area contributed by atoms with E-state index in [4.69, 9.17) is 10.2 Å². The molecule has 0 aromatic carbocycles. The van der Waals surface area contributed by atoms with Crippen LogP contribution >= 0.6 is 0 Å². The number of nitrogens with zero attached hydrogens (tertiary/aromatic N) is 1. The number of hydrogen-bond donors (Lipinski definition) is 1. The van der Waals surface area contributed by atoms with Crippen molar-refractivity contribution in [1.29, 1.82) is 0 Å². The van der Waals surface area contributed by atoms with Crippen LogP contribution in [0, 0.1) is 6.92 Å². The van der Waals surface area contributed by atoms with E-state index in [9.17, 15) is 4.79 Å². The molecule has 0 aliphatic heterocycles. The third-order valence-electron chi connectivity index (χ3n) is 2.03. The molecule has 0 unspecified atom stereocenters. The molecular formula is C11H10N2O2. The Labute approximate surface area is 86.7 Å². The zero-order valence-corrected chi connectivity index (χ0v) is 8.23. The predicted molar refractivity (Wildman–Crippen MR) is 55.2 cm³/mol. The fourth-order valence-corrected chi connectivity index (χ4v) is 1.32. The largest absolute Gasteiger partial charge is 0.451 e. The van der Waals surface area contributed by atoms with Crippen molar-refractivity contribution in [2.45, 2.75) is 6.92 Å². The Kier molecular flexibility index (Phi) is 2.25. The van der Waals surface area contributed by atoms with Crippen LogP contribution in [-0.4, -0.2) is 10.9 Å². The second kappa shape index (κ2) is 3.57. The molecule has 2 aromatic heterocycles. The molecule has 4 nitrogen and oxygen atoms in total. The standard InChI is InChI=1S/C11H10N2O2/c1-7-6-8(4-5-13-7)9-2-3-10(15-9)11(12)14/h2-6H,1H3,(H2,12,14). The number of aryl methyl sites for hydroxylation is 1.